The molecule has 0 bridgehead atoms. The van der Waals surface area contributed by atoms with Gasteiger partial charge in [0.2, 0.25) is 5.78 Å². The molecule has 2 aliphatic rings. The predicted octanol–water partition coefficient (Wildman–Crippen LogP) is 0.985. The van der Waals surface area contributed by atoms with E-state index < -0.39 is 0 Å². The van der Waals surface area contributed by atoms with Gasteiger partial charge < -0.3 is 9.64 Å². The minimum absolute atomic E-state index is 0.121. The summed E-state index contributed by atoms with van der Waals surface area (Å²) in [5.74, 6) is -0.245. The van der Waals surface area contributed by atoms with Crippen molar-refractivity contribution < 1.29 is 14.3 Å². The molecule has 1 aromatic rings. The summed E-state index contributed by atoms with van der Waals surface area (Å²) >= 11 is 0. The topological polar surface area (TPSA) is 59.5 Å². The molecule has 5 nitrogen and oxygen atoms in total. The Morgan fingerprint density at radius 3 is 2.68 bits per heavy atom. The first-order valence-electron chi connectivity index (χ1n) is 6.27. The fourth-order valence-electron chi connectivity index (χ4n) is 2.39. The van der Waals surface area contributed by atoms with Gasteiger partial charge in [-0.1, -0.05) is 0 Å². The summed E-state index contributed by atoms with van der Waals surface area (Å²) in [4.78, 5) is 30.6. The van der Waals surface area contributed by atoms with Crippen LogP contribution in [-0.4, -0.2) is 47.8 Å². The van der Waals surface area contributed by atoms with Crippen LogP contribution in [0.2, 0.25) is 0 Å². The number of nitrogens with zero attached hydrogens (tertiary/aromatic N) is 2. The summed E-state index contributed by atoms with van der Waals surface area (Å²) in [6, 6.07) is 1.67. The third kappa shape index (κ3) is 2.06. The Morgan fingerprint density at radius 2 is 1.95 bits per heavy atom. The summed E-state index contributed by atoms with van der Waals surface area (Å²) < 4.78 is 5.26. The second kappa shape index (κ2) is 4.59. The highest BCUT2D eigenvalue weighted by molar-refractivity contribution is 6.24. The summed E-state index contributed by atoms with van der Waals surface area (Å²) in [6.45, 7) is 4.24. The van der Waals surface area contributed by atoms with Crippen molar-refractivity contribution in [1.82, 2.24) is 9.88 Å². The van der Waals surface area contributed by atoms with Crippen LogP contribution in [0.3, 0.4) is 0 Å². The Kier molecular flexibility index (Phi) is 2.91. The molecule has 0 radical (unpaired) electrons. The standard InChI is InChI=1S/C14H14N2O3/c1-9-6-10-11(8-15-9)14(18)12(7-13(10)17)16-2-4-19-5-3-16/h6-8H,2-5H2,1H3. The number of carbonyl (C=O) groups excluding carboxylic acids is 2. The van der Waals surface area contributed by atoms with E-state index in [-0.39, 0.29) is 11.6 Å². The van der Waals surface area contributed by atoms with E-state index in [1.54, 1.807) is 13.0 Å². The van der Waals surface area contributed by atoms with Gasteiger partial charge in [0.25, 0.3) is 0 Å². The van der Waals surface area contributed by atoms with Crippen molar-refractivity contribution in [2.75, 3.05) is 26.3 Å². The predicted molar refractivity (Wildman–Crippen MR) is 68.1 cm³/mol. The van der Waals surface area contributed by atoms with Crippen LogP contribution in [0.5, 0.6) is 0 Å². The van der Waals surface area contributed by atoms with E-state index in [0.717, 1.165) is 5.69 Å². The Bertz CT molecular complexity index is 586. The third-order valence-electron chi connectivity index (χ3n) is 3.40. The molecular formula is C14H14N2O3. The number of rotatable bonds is 1. The monoisotopic (exact) mass is 258 g/mol. The fraction of sp³-hybridized carbons (Fsp3) is 0.357. The zero-order valence-corrected chi connectivity index (χ0v) is 10.7. The van der Waals surface area contributed by atoms with E-state index in [2.05, 4.69) is 4.98 Å². The first-order chi connectivity index (χ1) is 9.16. The summed E-state index contributed by atoms with van der Waals surface area (Å²) in [5.41, 5.74) is 2.06. The molecule has 0 saturated carbocycles. The first-order valence-corrected chi connectivity index (χ1v) is 6.27. The van der Waals surface area contributed by atoms with Crippen LogP contribution in [0.4, 0.5) is 0 Å². The minimum Gasteiger partial charge on any atom is -0.378 e. The normalized spacial score (nSPS) is 19.2. The van der Waals surface area contributed by atoms with Gasteiger partial charge in [-0.3, -0.25) is 14.6 Å². The number of ether oxygens (including phenoxy) is 1. The molecule has 0 amide bonds. The molecule has 0 spiro atoms. The molecule has 0 unspecified atom stereocenters. The molecule has 1 fully saturated rings. The van der Waals surface area contributed by atoms with Gasteiger partial charge in [-0.05, 0) is 13.0 Å². The number of fused-ring (bicyclic) bond motifs is 1. The number of hydrogen-bond donors (Lipinski definition) is 0. The molecule has 3 rings (SSSR count). The number of allylic oxidation sites excluding steroid dienone is 2. The largest absolute Gasteiger partial charge is 0.378 e. The zero-order valence-electron chi connectivity index (χ0n) is 10.7. The Balaban J connectivity index is 1.99. The van der Waals surface area contributed by atoms with Gasteiger partial charge in [0, 0.05) is 36.6 Å². The highest BCUT2D eigenvalue weighted by atomic mass is 16.5. The van der Waals surface area contributed by atoms with Gasteiger partial charge in [-0.2, -0.15) is 0 Å². The highest BCUT2D eigenvalue weighted by Crippen LogP contribution is 2.24. The number of ketones is 2. The van der Waals surface area contributed by atoms with E-state index in [4.69, 9.17) is 4.74 Å². The van der Waals surface area contributed by atoms with Crippen LogP contribution in [0.15, 0.2) is 24.0 Å². The summed E-state index contributed by atoms with van der Waals surface area (Å²) in [5, 5.41) is 0. The van der Waals surface area contributed by atoms with Crippen LogP contribution >= 0.6 is 0 Å². The number of aromatic nitrogens is 1. The molecule has 0 atom stereocenters. The average molecular weight is 258 g/mol. The number of morpholine rings is 1. The van der Waals surface area contributed by atoms with Crippen molar-refractivity contribution >= 4 is 11.6 Å². The van der Waals surface area contributed by atoms with Crippen molar-refractivity contribution in [1.29, 1.82) is 0 Å². The lowest BCUT2D eigenvalue weighted by Gasteiger charge is -2.31. The maximum absolute atomic E-state index is 12.4. The van der Waals surface area contributed by atoms with Crippen LogP contribution in [0.25, 0.3) is 0 Å². The fourth-order valence-corrected chi connectivity index (χ4v) is 2.39. The van der Waals surface area contributed by atoms with Crippen molar-refractivity contribution in [3.8, 4) is 0 Å². The van der Waals surface area contributed by atoms with E-state index in [1.807, 2.05) is 4.90 Å². The van der Waals surface area contributed by atoms with Gasteiger partial charge in [0.1, 0.15) is 0 Å². The quantitative estimate of drug-likeness (QED) is 0.751. The van der Waals surface area contributed by atoms with Crippen molar-refractivity contribution in [3.63, 3.8) is 0 Å². The third-order valence-corrected chi connectivity index (χ3v) is 3.40. The van der Waals surface area contributed by atoms with Gasteiger partial charge in [0.15, 0.2) is 5.78 Å². The van der Waals surface area contributed by atoms with E-state index in [0.29, 0.717) is 43.1 Å². The number of Topliss-reactive ketones (excluding diaryl/α,β-unsaturated/α-hetero) is 1. The maximum Gasteiger partial charge on any atom is 0.211 e. The molecule has 98 valence electrons. The molecular weight excluding hydrogens is 244 g/mol. The van der Waals surface area contributed by atoms with E-state index in [1.165, 1.54) is 12.3 Å². The number of aryl methyl sites for hydroxylation is 1. The van der Waals surface area contributed by atoms with Crippen molar-refractivity contribution in [2.24, 2.45) is 0 Å². The summed E-state index contributed by atoms with van der Waals surface area (Å²) in [6.07, 6.45) is 2.94. The minimum atomic E-state index is -0.124. The van der Waals surface area contributed by atoms with E-state index in [9.17, 15) is 9.59 Å². The van der Waals surface area contributed by atoms with Gasteiger partial charge in [0.05, 0.1) is 24.5 Å². The van der Waals surface area contributed by atoms with Crippen molar-refractivity contribution in [2.45, 2.75) is 6.92 Å². The molecule has 0 N–H and O–H groups in total. The number of carbonyl (C=O) groups is 2. The zero-order chi connectivity index (χ0) is 13.4. The molecule has 0 aromatic carbocycles. The molecule has 1 saturated heterocycles. The molecule has 2 heterocycles. The first kappa shape index (κ1) is 12.0. The lowest BCUT2D eigenvalue weighted by atomic mass is 9.93. The Hall–Kier alpha value is -2.01. The number of pyridine rings is 1. The van der Waals surface area contributed by atoms with Gasteiger partial charge in [-0.15, -0.1) is 0 Å². The SMILES string of the molecule is Cc1cc2c(cn1)C(=O)C(N1CCOCC1)=CC2=O. The number of hydrogen-bond acceptors (Lipinski definition) is 5. The smallest absolute Gasteiger partial charge is 0.211 e. The Labute approximate surface area is 110 Å². The van der Waals surface area contributed by atoms with Crippen LogP contribution < -0.4 is 0 Å². The molecule has 1 aliphatic carbocycles. The highest BCUT2D eigenvalue weighted by Gasteiger charge is 2.30. The second-order valence-electron chi connectivity index (χ2n) is 4.69. The van der Waals surface area contributed by atoms with E-state index >= 15 is 0 Å². The molecule has 1 aliphatic heterocycles. The van der Waals surface area contributed by atoms with Crippen LogP contribution in [-0.2, 0) is 4.74 Å². The summed E-state index contributed by atoms with van der Waals surface area (Å²) in [7, 11) is 0. The van der Waals surface area contributed by atoms with Crippen LogP contribution in [0, 0.1) is 6.92 Å². The lowest BCUT2D eigenvalue weighted by Crippen LogP contribution is -2.39. The lowest BCUT2D eigenvalue weighted by molar-refractivity contribution is 0.0501. The van der Waals surface area contributed by atoms with Gasteiger partial charge in [-0.25, -0.2) is 0 Å². The average Bonchev–Trinajstić information content (AvgIpc) is 2.43. The van der Waals surface area contributed by atoms with Crippen molar-refractivity contribution in [3.05, 3.63) is 40.9 Å². The van der Waals surface area contributed by atoms with Crippen LogP contribution in [0.1, 0.15) is 26.4 Å². The molecule has 19 heavy (non-hydrogen) atoms. The molecule has 1 aromatic heterocycles. The Morgan fingerprint density at radius 1 is 1.21 bits per heavy atom. The maximum atomic E-state index is 12.4. The van der Waals surface area contributed by atoms with Gasteiger partial charge >= 0.3 is 0 Å². The molecule has 5 heteroatoms. The second-order valence-corrected chi connectivity index (χ2v) is 4.69.